The van der Waals surface area contributed by atoms with Crippen molar-refractivity contribution in [1.29, 1.82) is 0 Å². The van der Waals surface area contributed by atoms with E-state index in [4.69, 9.17) is 5.73 Å². The van der Waals surface area contributed by atoms with Gasteiger partial charge in [-0.25, -0.2) is 0 Å². The number of amides is 2. The Balaban J connectivity index is 3.00. The van der Waals surface area contributed by atoms with Crippen molar-refractivity contribution in [3.8, 4) is 0 Å². The summed E-state index contributed by atoms with van der Waals surface area (Å²) in [5.41, 5.74) is 6.81. The first-order valence-corrected chi connectivity index (χ1v) is 6.94. The summed E-state index contributed by atoms with van der Waals surface area (Å²) in [4.78, 5) is 25.0. The average Bonchev–Trinajstić information content (AvgIpc) is 2.26. The smallest absolute Gasteiger partial charge is 0.255 e. The number of carbonyl (C=O) groups excluding carboxylic acids is 2. The number of carbonyl (C=O) groups is 2. The van der Waals surface area contributed by atoms with E-state index >= 15 is 0 Å². The summed E-state index contributed by atoms with van der Waals surface area (Å²) in [7, 11) is 0. The molecule has 0 radical (unpaired) electrons. The number of aryl methyl sites for hydroxylation is 1. The van der Waals surface area contributed by atoms with Crippen molar-refractivity contribution in [2.45, 2.75) is 20.8 Å². The fraction of sp³-hybridized carbons (Fsp3) is 0.429. The molecule has 19 heavy (non-hydrogen) atoms. The monoisotopic (exact) mass is 326 g/mol. The molecule has 0 saturated heterocycles. The molecule has 0 saturated carbocycles. The van der Waals surface area contributed by atoms with Gasteiger partial charge in [-0.1, -0.05) is 19.9 Å². The van der Waals surface area contributed by atoms with Gasteiger partial charge in [-0.15, -0.1) is 0 Å². The molecule has 0 aliphatic rings. The van der Waals surface area contributed by atoms with Gasteiger partial charge in [-0.2, -0.15) is 0 Å². The van der Waals surface area contributed by atoms with Crippen LogP contribution in [0.4, 0.5) is 0 Å². The van der Waals surface area contributed by atoms with Crippen LogP contribution < -0.4 is 5.73 Å². The van der Waals surface area contributed by atoms with Crippen molar-refractivity contribution in [1.82, 2.24) is 4.90 Å². The molecule has 2 N–H and O–H groups in total. The SMILES string of the molecule is Cc1ccc(C(=O)N(CC(N)=O)CC(C)C)c(Br)c1. The molecule has 0 bridgehead atoms. The molecular weight excluding hydrogens is 308 g/mol. The maximum Gasteiger partial charge on any atom is 0.255 e. The summed E-state index contributed by atoms with van der Waals surface area (Å²) in [5, 5.41) is 0. The molecule has 1 aromatic rings. The van der Waals surface area contributed by atoms with Crippen LogP contribution in [0, 0.1) is 12.8 Å². The first-order chi connectivity index (χ1) is 8.81. The Kier molecular flexibility index (Phi) is 5.54. The number of hydrogen-bond acceptors (Lipinski definition) is 2. The summed E-state index contributed by atoms with van der Waals surface area (Å²) < 4.78 is 0.732. The molecule has 0 atom stereocenters. The highest BCUT2D eigenvalue weighted by atomic mass is 79.9. The van der Waals surface area contributed by atoms with Crippen LogP contribution in [-0.4, -0.2) is 29.8 Å². The van der Waals surface area contributed by atoms with Gasteiger partial charge in [0.25, 0.3) is 5.91 Å². The molecule has 104 valence electrons. The number of hydrogen-bond donors (Lipinski definition) is 1. The fourth-order valence-electron chi connectivity index (χ4n) is 1.81. The second kappa shape index (κ2) is 6.70. The quantitative estimate of drug-likeness (QED) is 0.902. The predicted molar refractivity (Wildman–Crippen MR) is 78.8 cm³/mol. The third kappa shape index (κ3) is 4.67. The van der Waals surface area contributed by atoms with Gasteiger partial charge in [0.15, 0.2) is 0 Å². The van der Waals surface area contributed by atoms with Gasteiger partial charge in [-0.05, 0) is 46.5 Å². The van der Waals surface area contributed by atoms with Crippen LogP contribution in [0.25, 0.3) is 0 Å². The zero-order chi connectivity index (χ0) is 14.6. The summed E-state index contributed by atoms with van der Waals surface area (Å²) in [6.07, 6.45) is 0. The van der Waals surface area contributed by atoms with Gasteiger partial charge in [0.1, 0.15) is 0 Å². The number of rotatable bonds is 5. The first kappa shape index (κ1) is 15.7. The number of halogens is 1. The molecule has 0 aliphatic heterocycles. The van der Waals surface area contributed by atoms with Crippen LogP contribution in [0.5, 0.6) is 0 Å². The maximum absolute atomic E-state index is 12.4. The van der Waals surface area contributed by atoms with Gasteiger partial charge >= 0.3 is 0 Å². The Bertz CT molecular complexity index is 486. The van der Waals surface area contributed by atoms with Crippen molar-refractivity contribution in [2.75, 3.05) is 13.1 Å². The average molecular weight is 327 g/mol. The Hall–Kier alpha value is -1.36. The number of primary amides is 1. The van der Waals surface area contributed by atoms with E-state index in [1.165, 1.54) is 4.90 Å². The Morgan fingerprint density at radius 1 is 1.37 bits per heavy atom. The normalized spacial score (nSPS) is 10.6. The van der Waals surface area contributed by atoms with Gasteiger partial charge in [0.05, 0.1) is 12.1 Å². The summed E-state index contributed by atoms with van der Waals surface area (Å²) >= 11 is 3.38. The van der Waals surface area contributed by atoms with Gasteiger partial charge in [0, 0.05) is 11.0 Å². The predicted octanol–water partition coefficient (Wildman–Crippen LogP) is 2.34. The van der Waals surface area contributed by atoms with Crippen LogP contribution >= 0.6 is 15.9 Å². The van der Waals surface area contributed by atoms with Gasteiger partial charge in [0.2, 0.25) is 5.91 Å². The minimum Gasteiger partial charge on any atom is -0.368 e. The lowest BCUT2D eigenvalue weighted by Gasteiger charge is -2.23. The molecule has 0 heterocycles. The van der Waals surface area contributed by atoms with E-state index in [1.54, 1.807) is 6.07 Å². The van der Waals surface area contributed by atoms with Crippen molar-refractivity contribution < 1.29 is 9.59 Å². The summed E-state index contributed by atoms with van der Waals surface area (Å²) in [6, 6.07) is 5.51. The molecule has 1 rings (SSSR count). The van der Waals surface area contributed by atoms with Crippen LogP contribution in [0.1, 0.15) is 29.8 Å². The molecule has 4 nitrogen and oxygen atoms in total. The molecule has 2 amide bonds. The Morgan fingerprint density at radius 2 is 2.00 bits per heavy atom. The van der Waals surface area contributed by atoms with E-state index in [2.05, 4.69) is 15.9 Å². The molecular formula is C14H19BrN2O2. The fourth-order valence-corrected chi connectivity index (χ4v) is 2.47. The third-order valence-electron chi connectivity index (χ3n) is 2.57. The van der Waals surface area contributed by atoms with Crippen molar-refractivity contribution in [3.05, 3.63) is 33.8 Å². The van der Waals surface area contributed by atoms with Gasteiger partial charge < -0.3 is 10.6 Å². The van der Waals surface area contributed by atoms with Gasteiger partial charge in [-0.3, -0.25) is 9.59 Å². The molecule has 0 aromatic heterocycles. The van der Waals surface area contributed by atoms with E-state index in [0.717, 1.165) is 10.0 Å². The zero-order valence-electron chi connectivity index (χ0n) is 11.4. The van der Waals surface area contributed by atoms with Crippen LogP contribution in [0.3, 0.4) is 0 Å². The molecule has 5 heteroatoms. The van der Waals surface area contributed by atoms with Crippen LogP contribution in [-0.2, 0) is 4.79 Å². The summed E-state index contributed by atoms with van der Waals surface area (Å²) in [5.74, 6) is -0.413. The minimum absolute atomic E-state index is 0.0582. The highest BCUT2D eigenvalue weighted by Crippen LogP contribution is 2.20. The molecule has 1 aromatic carbocycles. The maximum atomic E-state index is 12.4. The van der Waals surface area contributed by atoms with Crippen molar-refractivity contribution in [2.24, 2.45) is 11.7 Å². The van der Waals surface area contributed by atoms with Crippen LogP contribution in [0.15, 0.2) is 22.7 Å². The topological polar surface area (TPSA) is 63.4 Å². The lowest BCUT2D eigenvalue weighted by atomic mass is 10.1. The highest BCUT2D eigenvalue weighted by Gasteiger charge is 2.20. The van der Waals surface area contributed by atoms with E-state index in [1.807, 2.05) is 32.9 Å². The molecule has 0 spiro atoms. The Labute approximate surface area is 122 Å². The third-order valence-corrected chi connectivity index (χ3v) is 3.23. The lowest BCUT2D eigenvalue weighted by molar-refractivity contribution is -0.118. The van der Waals surface area contributed by atoms with E-state index in [0.29, 0.717) is 12.1 Å². The molecule has 0 fully saturated rings. The van der Waals surface area contributed by atoms with Crippen molar-refractivity contribution >= 4 is 27.7 Å². The molecule has 0 unspecified atom stereocenters. The summed E-state index contributed by atoms with van der Waals surface area (Å²) in [6.45, 7) is 6.38. The van der Waals surface area contributed by atoms with E-state index in [-0.39, 0.29) is 18.4 Å². The second-order valence-electron chi connectivity index (χ2n) is 5.03. The molecule has 0 aliphatic carbocycles. The number of nitrogens with zero attached hydrogens (tertiary/aromatic N) is 1. The largest absolute Gasteiger partial charge is 0.368 e. The lowest BCUT2D eigenvalue weighted by Crippen LogP contribution is -2.40. The van der Waals surface area contributed by atoms with Crippen LogP contribution in [0.2, 0.25) is 0 Å². The number of nitrogens with two attached hydrogens (primary N) is 1. The zero-order valence-corrected chi connectivity index (χ0v) is 13.0. The van der Waals surface area contributed by atoms with Crippen molar-refractivity contribution in [3.63, 3.8) is 0 Å². The Morgan fingerprint density at radius 3 is 2.47 bits per heavy atom. The van der Waals surface area contributed by atoms with E-state index in [9.17, 15) is 9.59 Å². The minimum atomic E-state index is -0.503. The standard InChI is InChI=1S/C14H19BrN2O2/c1-9(2)7-17(8-13(16)18)14(19)11-5-4-10(3)6-12(11)15/h4-6,9H,7-8H2,1-3H3,(H2,16,18). The van der Waals surface area contributed by atoms with E-state index < -0.39 is 5.91 Å². The highest BCUT2D eigenvalue weighted by molar-refractivity contribution is 9.10. The second-order valence-corrected chi connectivity index (χ2v) is 5.88. The number of benzene rings is 1. The first-order valence-electron chi connectivity index (χ1n) is 6.15.